The lowest BCUT2D eigenvalue weighted by molar-refractivity contribution is -0.120. The van der Waals surface area contributed by atoms with Gasteiger partial charge in [0.05, 0.1) is 23.9 Å². The van der Waals surface area contributed by atoms with E-state index in [0.717, 1.165) is 29.7 Å². The lowest BCUT2D eigenvalue weighted by Crippen LogP contribution is -2.50. The maximum Gasteiger partial charge on any atom is 0.408 e. The molecule has 1 aliphatic heterocycles. The molecule has 36 heavy (non-hydrogen) atoms. The number of fused-ring (bicyclic) bond motifs is 1. The van der Waals surface area contributed by atoms with Crippen molar-refractivity contribution in [1.82, 2.24) is 5.32 Å². The average molecular weight is 508 g/mol. The van der Waals surface area contributed by atoms with E-state index in [-0.39, 0.29) is 18.2 Å². The normalized spacial score (nSPS) is 15.5. The number of nitrogens with zero attached hydrogens (tertiary/aromatic N) is 2. The van der Waals surface area contributed by atoms with Crippen molar-refractivity contribution in [3.63, 3.8) is 0 Å². The van der Waals surface area contributed by atoms with Gasteiger partial charge in [-0.3, -0.25) is 9.59 Å². The van der Waals surface area contributed by atoms with Crippen LogP contribution in [0.5, 0.6) is 0 Å². The maximum absolute atomic E-state index is 13.7. The van der Waals surface area contributed by atoms with E-state index in [4.69, 9.17) is 10.00 Å². The third-order valence-corrected chi connectivity index (χ3v) is 6.82. The summed E-state index contributed by atoms with van der Waals surface area (Å²) in [6, 6.07) is 13.8. The Morgan fingerprint density at radius 2 is 1.89 bits per heavy atom. The topological polar surface area (TPSA) is 99.5 Å². The number of Topliss-reactive ketones (excluding diaryl/α,β-unsaturated/α-hetero) is 1. The van der Waals surface area contributed by atoms with Crippen molar-refractivity contribution in [1.29, 1.82) is 5.26 Å². The van der Waals surface area contributed by atoms with Crippen LogP contribution in [0.1, 0.15) is 74.9 Å². The van der Waals surface area contributed by atoms with Gasteiger partial charge in [0.15, 0.2) is 5.78 Å². The number of hydrogen-bond donors (Lipinski definition) is 1. The number of rotatable bonds is 8. The van der Waals surface area contributed by atoms with Crippen LogP contribution in [0.15, 0.2) is 47.4 Å². The highest BCUT2D eigenvalue weighted by molar-refractivity contribution is 7.99. The van der Waals surface area contributed by atoms with Gasteiger partial charge in [-0.25, -0.2) is 4.79 Å². The van der Waals surface area contributed by atoms with E-state index in [1.807, 2.05) is 12.1 Å². The van der Waals surface area contributed by atoms with E-state index in [0.29, 0.717) is 29.0 Å². The number of unbranched alkanes of at least 4 members (excludes halogenated alkanes) is 2. The summed E-state index contributed by atoms with van der Waals surface area (Å²) in [5, 5.41) is 11.8. The van der Waals surface area contributed by atoms with Crippen LogP contribution in [0.3, 0.4) is 0 Å². The number of hydrogen-bond acceptors (Lipinski definition) is 6. The zero-order valence-corrected chi connectivity index (χ0v) is 22.1. The van der Waals surface area contributed by atoms with E-state index >= 15 is 0 Å². The van der Waals surface area contributed by atoms with Gasteiger partial charge in [-0.15, -0.1) is 11.8 Å². The number of nitriles is 1. The Balaban J connectivity index is 1.93. The van der Waals surface area contributed by atoms with Gasteiger partial charge in [0.1, 0.15) is 11.6 Å². The minimum Gasteiger partial charge on any atom is -0.444 e. The Morgan fingerprint density at radius 1 is 1.17 bits per heavy atom. The quantitative estimate of drug-likeness (QED) is 0.355. The lowest BCUT2D eigenvalue weighted by atomic mass is 10.0. The molecule has 2 aromatic rings. The molecule has 7 nitrogen and oxygen atoms in total. The molecule has 0 saturated carbocycles. The number of alkyl carbamates (subject to hydrolysis) is 1. The second-order valence-corrected chi connectivity index (χ2v) is 10.9. The van der Waals surface area contributed by atoms with Crippen LogP contribution in [0.4, 0.5) is 10.5 Å². The molecular weight excluding hydrogens is 474 g/mol. The zero-order valence-electron chi connectivity index (χ0n) is 21.3. The highest BCUT2D eigenvalue weighted by Crippen LogP contribution is 2.36. The Morgan fingerprint density at radius 3 is 2.53 bits per heavy atom. The minimum atomic E-state index is -0.806. The molecule has 0 bridgehead atoms. The van der Waals surface area contributed by atoms with Crippen molar-refractivity contribution in [3.05, 3.63) is 59.2 Å². The Hall–Kier alpha value is -3.31. The second kappa shape index (κ2) is 12.1. The molecule has 0 fully saturated rings. The first kappa shape index (κ1) is 27.3. The van der Waals surface area contributed by atoms with Crippen molar-refractivity contribution >= 4 is 35.2 Å². The highest BCUT2D eigenvalue weighted by Gasteiger charge is 2.33. The van der Waals surface area contributed by atoms with Crippen molar-refractivity contribution < 1.29 is 19.1 Å². The van der Waals surface area contributed by atoms with Gasteiger partial charge in [0, 0.05) is 22.6 Å². The molecule has 1 N–H and O–H groups in total. The maximum atomic E-state index is 13.7. The number of amides is 2. The van der Waals surface area contributed by atoms with Crippen LogP contribution in [0.25, 0.3) is 0 Å². The summed E-state index contributed by atoms with van der Waals surface area (Å²) in [5.41, 5.74) is 1.88. The summed E-state index contributed by atoms with van der Waals surface area (Å²) in [6.07, 6.45) is 2.67. The van der Waals surface area contributed by atoms with Crippen molar-refractivity contribution in [2.45, 2.75) is 76.5 Å². The van der Waals surface area contributed by atoms with Gasteiger partial charge in [0.2, 0.25) is 0 Å². The van der Waals surface area contributed by atoms with Gasteiger partial charge < -0.3 is 15.0 Å². The highest BCUT2D eigenvalue weighted by atomic mass is 32.2. The number of anilines is 1. The number of ketones is 1. The molecule has 2 aromatic carbocycles. The fourth-order valence-corrected chi connectivity index (χ4v) is 4.89. The van der Waals surface area contributed by atoms with Gasteiger partial charge >= 0.3 is 6.09 Å². The summed E-state index contributed by atoms with van der Waals surface area (Å²) in [5.74, 6) is 0.0976. The monoisotopic (exact) mass is 507 g/mol. The summed E-state index contributed by atoms with van der Waals surface area (Å²) in [6.45, 7) is 7.63. The molecule has 0 radical (unpaired) electrons. The van der Waals surface area contributed by atoms with Crippen LogP contribution in [0, 0.1) is 11.3 Å². The van der Waals surface area contributed by atoms with Crippen LogP contribution in [0.2, 0.25) is 0 Å². The third kappa shape index (κ3) is 7.34. The molecule has 1 heterocycles. The van der Waals surface area contributed by atoms with Crippen LogP contribution in [-0.4, -0.2) is 35.2 Å². The fraction of sp³-hybridized carbons (Fsp3) is 0.429. The van der Waals surface area contributed by atoms with Gasteiger partial charge in [0.25, 0.3) is 5.91 Å². The van der Waals surface area contributed by atoms with Crippen LogP contribution >= 0.6 is 11.8 Å². The molecule has 190 valence electrons. The molecule has 0 aliphatic carbocycles. The van der Waals surface area contributed by atoms with Gasteiger partial charge in [-0.2, -0.15) is 5.26 Å². The molecule has 0 saturated heterocycles. The third-order valence-electron chi connectivity index (χ3n) is 5.66. The van der Waals surface area contributed by atoms with E-state index in [2.05, 4.69) is 18.3 Å². The van der Waals surface area contributed by atoms with Crippen molar-refractivity contribution in [2.24, 2.45) is 0 Å². The summed E-state index contributed by atoms with van der Waals surface area (Å²) in [4.78, 5) is 41.5. The molecule has 3 rings (SSSR count). The van der Waals surface area contributed by atoms with E-state index in [1.165, 1.54) is 11.8 Å². The molecule has 0 aromatic heterocycles. The van der Waals surface area contributed by atoms with Gasteiger partial charge in [-0.1, -0.05) is 38.0 Å². The number of carbonyl (C=O) groups is 3. The summed E-state index contributed by atoms with van der Waals surface area (Å²) in [7, 11) is 0. The SMILES string of the molecule is CCCCCC(=O)c1ccc2c(c1)N(Cc1ccc(C#N)cc1)C(=O)[C@@H](NC(=O)OC(C)(C)C)CS2. The number of benzene rings is 2. The second-order valence-electron chi connectivity index (χ2n) is 9.81. The Bertz CT molecular complexity index is 1150. The lowest BCUT2D eigenvalue weighted by Gasteiger charge is -2.27. The molecule has 1 atom stereocenters. The zero-order chi connectivity index (χ0) is 26.3. The van der Waals surface area contributed by atoms with Crippen LogP contribution < -0.4 is 10.2 Å². The van der Waals surface area contributed by atoms with E-state index in [1.54, 1.807) is 56.0 Å². The van der Waals surface area contributed by atoms with Crippen molar-refractivity contribution in [3.8, 4) is 6.07 Å². The molecular formula is C28H33N3O4S. The van der Waals surface area contributed by atoms with E-state index < -0.39 is 17.7 Å². The molecule has 8 heteroatoms. The standard InChI is InChI=1S/C28H33N3O4S/c1-5-6-7-8-24(32)21-13-14-25-23(15-21)31(17-20-11-9-19(16-29)10-12-20)26(33)22(18-36-25)30-27(34)35-28(2,3)4/h9-15,22H,5-8,17-18H2,1-4H3,(H,30,34)/t22-/m0/s1. The molecule has 1 aliphatic rings. The molecule has 0 spiro atoms. The molecule has 0 unspecified atom stereocenters. The fourth-order valence-electron chi connectivity index (χ4n) is 3.84. The minimum absolute atomic E-state index is 0.0506. The summed E-state index contributed by atoms with van der Waals surface area (Å²) < 4.78 is 5.38. The first-order valence-electron chi connectivity index (χ1n) is 12.2. The number of ether oxygens (including phenoxy) is 1. The van der Waals surface area contributed by atoms with Crippen LogP contribution in [-0.2, 0) is 16.1 Å². The average Bonchev–Trinajstić information content (AvgIpc) is 2.95. The molecule has 2 amide bonds. The predicted molar refractivity (Wildman–Crippen MR) is 141 cm³/mol. The first-order valence-corrected chi connectivity index (χ1v) is 13.2. The smallest absolute Gasteiger partial charge is 0.408 e. The first-order chi connectivity index (χ1) is 17.1. The number of thioether (sulfide) groups is 1. The van der Waals surface area contributed by atoms with Gasteiger partial charge in [-0.05, 0) is 57.0 Å². The summed E-state index contributed by atoms with van der Waals surface area (Å²) >= 11 is 1.46. The predicted octanol–water partition coefficient (Wildman–Crippen LogP) is 5.85. The largest absolute Gasteiger partial charge is 0.444 e. The van der Waals surface area contributed by atoms with E-state index in [9.17, 15) is 14.4 Å². The Kier molecular flexibility index (Phi) is 9.16. The van der Waals surface area contributed by atoms with Crippen molar-refractivity contribution in [2.75, 3.05) is 10.7 Å². The number of carbonyl (C=O) groups excluding carboxylic acids is 3. The number of nitrogens with one attached hydrogen (secondary N) is 1. The Labute approximate surface area is 217 Å².